The van der Waals surface area contributed by atoms with Gasteiger partial charge in [0.25, 0.3) is 0 Å². The van der Waals surface area contributed by atoms with E-state index in [1.54, 1.807) is 0 Å². The fourth-order valence-electron chi connectivity index (χ4n) is 2.09. The molecule has 6 heteroatoms. The van der Waals surface area contributed by atoms with E-state index in [-0.39, 0.29) is 5.75 Å². The number of thioether (sulfide) groups is 1. The predicted molar refractivity (Wildman–Crippen MR) is 88.4 cm³/mol. The molecule has 21 heavy (non-hydrogen) atoms. The van der Waals surface area contributed by atoms with E-state index in [9.17, 15) is 4.79 Å². The monoisotopic (exact) mass is 368 g/mol. The first kappa shape index (κ1) is 16.1. The molecule has 0 spiro atoms. The SMILES string of the molecule is Cc1cc(Br)ccc1-n1c(C(C)C)cnc1SCC(=O)O. The molecule has 0 saturated carbocycles. The topological polar surface area (TPSA) is 55.1 Å². The lowest BCUT2D eigenvalue weighted by Gasteiger charge is -2.16. The second-order valence-electron chi connectivity index (χ2n) is 5.07. The fourth-order valence-corrected chi connectivity index (χ4v) is 3.28. The third-order valence-corrected chi connectivity index (χ3v) is 4.50. The summed E-state index contributed by atoms with van der Waals surface area (Å²) in [5, 5.41) is 9.59. The number of aromatic nitrogens is 2. The average Bonchev–Trinajstić information content (AvgIpc) is 2.80. The van der Waals surface area contributed by atoms with Crippen LogP contribution in [-0.4, -0.2) is 26.4 Å². The molecule has 0 aliphatic heterocycles. The van der Waals surface area contributed by atoms with Crippen LogP contribution < -0.4 is 0 Å². The number of hydrogen-bond acceptors (Lipinski definition) is 3. The van der Waals surface area contributed by atoms with Crippen LogP contribution in [-0.2, 0) is 4.79 Å². The smallest absolute Gasteiger partial charge is 0.313 e. The van der Waals surface area contributed by atoms with Gasteiger partial charge in [0.05, 0.1) is 17.6 Å². The molecular weight excluding hydrogens is 352 g/mol. The molecule has 1 aromatic heterocycles. The zero-order chi connectivity index (χ0) is 15.6. The summed E-state index contributed by atoms with van der Waals surface area (Å²) in [4.78, 5) is 15.2. The maximum Gasteiger partial charge on any atom is 0.313 e. The van der Waals surface area contributed by atoms with Crippen molar-refractivity contribution in [3.63, 3.8) is 0 Å². The van der Waals surface area contributed by atoms with Gasteiger partial charge in [0.15, 0.2) is 5.16 Å². The third-order valence-electron chi connectivity index (χ3n) is 3.07. The van der Waals surface area contributed by atoms with E-state index >= 15 is 0 Å². The van der Waals surface area contributed by atoms with Gasteiger partial charge in [-0.1, -0.05) is 41.5 Å². The van der Waals surface area contributed by atoms with Crippen LogP contribution in [0.2, 0.25) is 0 Å². The van der Waals surface area contributed by atoms with Gasteiger partial charge in [-0.2, -0.15) is 0 Å². The summed E-state index contributed by atoms with van der Waals surface area (Å²) in [5.41, 5.74) is 3.22. The molecule has 1 aromatic carbocycles. The van der Waals surface area contributed by atoms with E-state index in [0.717, 1.165) is 21.4 Å². The molecule has 0 aliphatic carbocycles. The number of rotatable bonds is 5. The first-order valence-corrected chi connectivity index (χ1v) is 8.36. The Bertz CT molecular complexity index is 668. The van der Waals surface area contributed by atoms with Gasteiger partial charge in [0.2, 0.25) is 0 Å². The zero-order valence-electron chi connectivity index (χ0n) is 12.1. The third kappa shape index (κ3) is 3.68. The Labute approximate surface area is 136 Å². The van der Waals surface area contributed by atoms with Crippen LogP contribution in [0.4, 0.5) is 0 Å². The molecule has 0 fully saturated rings. The Morgan fingerprint density at radius 1 is 1.48 bits per heavy atom. The largest absolute Gasteiger partial charge is 0.481 e. The molecular formula is C15H17BrN2O2S. The van der Waals surface area contributed by atoms with Crippen LogP contribution in [0, 0.1) is 6.92 Å². The number of aliphatic carboxylic acids is 1. The lowest BCUT2D eigenvalue weighted by atomic mass is 10.1. The zero-order valence-corrected chi connectivity index (χ0v) is 14.5. The summed E-state index contributed by atoms with van der Waals surface area (Å²) in [7, 11) is 0. The highest BCUT2D eigenvalue weighted by molar-refractivity contribution is 9.10. The van der Waals surface area contributed by atoms with Crippen LogP contribution in [0.25, 0.3) is 5.69 Å². The minimum absolute atomic E-state index is 0.00409. The van der Waals surface area contributed by atoms with Crippen LogP contribution in [0.5, 0.6) is 0 Å². The summed E-state index contributed by atoms with van der Waals surface area (Å²) in [5.74, 6) is -0.530. The number of imidazole rings is 1. The van der Waals surface area contributed by atoms with E-state index in [1.807, 2.05) is 31.3 Å². The van der Waals surface area contributed by atoms with Gasteiger partial charge in [-0.05, 0) is 36.6 Å². The predicted octanol–water partition coefficient (Wildman–Crippen LogP) is 4.24. The second-order valence-corrected chi connectivity index (χ2v) is 6.93. The first-order chi connectivity index (χ1) is 9.90. The molecule has 2 aromatic rings. The molecule has 0 atom stereocenters. The van der Waals surface area contributed by atoms with Crippen molar-refractivity contribution in [2.75, 3.05) is 5.75 Å². The lowest BCUT2D eigenvalue weighted by Crippen LogP contribution is -2.07. The fraction of sp³-hybridized carbons (Fsp3) is 0.333. The maximum atomic E-state index is 10.8. The number of carboxylic acids is 1. The Hall–Kier alpha value is -1.27. The maximum absolute atomic E-state index is 10.8. The van der Waals surface area contributed by atoms with Crippen molar-refractivity contribution in [3.8, 4) is 5.69 Å². The molecule has 0 saturated heterocycles. The molecule has 2 rings (SSSR count). The Balaban J connectivity index is 2.52. The number of halogens is 1. The normalized spacial score (nSPS) is 11.1. The quantitative estimate of drug-likeness (QED) is 0.801. The van der Waals surface area contributed by atoms with Gasteiger partial charge >= 0.3 is 5.97 Å². The second kappa shape index (κ2) is 6.66. The summed E-state index contributed by atoms with van der Waals surface area (Å²) < 4.78 is 3.08. The number of aryl methyl sites for hydroxylation is 1. The van der Waals surface area contributed by atoms with Gasteiger partial charge < -0.3 is 5.11 Å². The van der Waals surface area contributed by atoms with Crippen LogP contribution in [0.3, 0.4) is 0 Å². The molecule has 0 bridgehead atoms. The van der Waals surface area contributed by atoms with Crippen LogP contribution >= 0.6 is 27.7 Å². The molecule has 112 valence electrons. The highest BCUT2D eigenvalue weighted by atomic mass is 79.9. The van der Waals surface area contributed by atoms with E-state index in [2.05, 4.69) is 39.3 Å². The van der Waals surface area contributed by atoms with Gasteiger partial charge in [0.1, 0.15) is 0 Å². The van der Waals surface area contributed by atoms with Crippen molar-refractivity contribution >= 4 is 33.7 Å². The molecule has 4 nitrogen and oxygen atoms in total. The Morgan fingerprint density at radius 3 is 2.76 bits per heavy atom. The number of carboxylic acid groups (broad SMARTS) is 1. The lowest BCUT2D eigenvalue weighted by molar-refractivity contribution is -0.133. The van der Waals surface area contributed by atoms with Crippen molar-refractivity contribution in [2.24, 2.45) is 0 Å². The number of benzene rings is 1. The molecule has 0 radical (unpaired) electrons. The van der Waals surface area contributed by atoms with Crippen molar-refractivity contribution in [1.29, 1.82) is 0 Å². The van der Waals surface area contributed by atoms with Gasteiger partial charge in [-0.25, -0.2) is 4.98 Å². The van der Waals surface area contributed by atoms with Crippen LogP contribution in [0.15, 0.2) is 34.0 Å². The van der Waals surface area contributed by atoms with Crippen molar-refractivity contribution in [3.05, 3.63) is 40.1 Å². The summed E-state index contributed by atoms with van der Waals surface area (Å²) in [6.45, 7) is 6.25. The summed E-state index contributed by atoms with van der Waals surface area (Å²) in [6, 6.07) is 6.06. The summed E-state index contributed by atoms with van der Waals surface area (Å²) >= 11 is 4.71. The van der Waals surface area contributed by atoms with Crippen LogP contribution in [0.1, 0.15) is 31.0 Å². The molecule has 0 aliphatic rings. The standard InChI is InChI=1S/C15H17BrN2O2S/c1-9(2)13-7-17-15(21-8-14(19)20)18(13)12-5-4-11(16)6-10(12)3/h4-7,9H,8H2,1-3H3,(H,19,20). The Morgan fingerprint density at radius 2 is 2.19 bits per heavy atom. The molecule has 0 unspecified atom stereocenters. The van der Waals surface area contributed by atoms with Crippen molar-refractivity contribution in [2.45, 2.75) is 31.8 Å². The minimum atomic E-state index is -0.840. The molecule has 1 heterocycles. The van der Waals surface area contributed by atoms with Crippen molar-refractivity contribution < 1.29 is 9.90 Å². The van der Waals surface area contributed by atoms with Gasteiger partial charge in [-0.15, -0.1) is 0 Å². The number of nitrogens with zero attached hydrogens (tertiary/aromatic N) is 2. The van der Waals surface area contributed by atoms with E-state index in [4.69, 9.17) is 5.11 Å². The van der Waals surface area contributed by atoms with E-state index in [0.29, 0.717) is 11.1 Å². The number of carbonyl (C=O) groups is 1. The molecule has 0 amide bonds. The Kier molecular flexibility index (Phi) is 5.11. The number of hydrogen-bond donors (Lipinski definition) is 1. The highest BCUT2D eigenvalue weighted by Crippen LogP contribution is 2.30. The first-order valence-electron chi connectivity index (χ1n) is 6.59. The minimum Gasteiger partial charge on any atom is -0.481 e. The van der Waals surface area contributed by atoms with Gasteiger partial charge in [0, 0.05) is 10.2 Å². The van der Waals surface area contributed by atoms with E-state index < -0.39 is 5.97 Å². The molecule has 1 N–H and O–H groups in total. The average molecular weight is 369 g/mol. The van der Waals surface area contributed by atoms with E-state index in [1.165, 1.54) is 11.8 Å². The highest BCUT2D eigenvalue weighted by Gasteiger charge is 2.17. The van der Waals surface area contributed by atoms with Crippen molar-refractivity contribution in [1.82, 2.24) is 9.55 Å². The van der Waals surface area contributed by atoms with Gasteiger partial charge in [-0.3, -0.25) is 9.36 Å². The summed E-state index contributed by atoms with van der Waals surface area (Å²) in [6.07, 6.45) is 1.83.